The molecule has 1 fully saturated rings. The van der Waals surface area contributed by atoms with E-state index in [1.807, 2.05) is 13.8 Å². The largest absolute Gasteiger partial charge is 0.396 e. The van der Waals surface area contributed by atoms with Crippen molar-refractivity contribution in [3.63, 3.8) is 0 Å². The molecule has 4 nitrogen and oxygen atoms in total. The van der Waals surface area contributed by atoms with E-state index >= 15 is 0 Å². The number of benzene rings is 1. The fraction of sp³-hybridized carbons (Fsp3) is 0.533. The van der Waals surface area contributed by atoms with Crippen molar-refractivity contribution in [2.45, 2.75) is 45.4 Å². The molecule has 1 saturated heterocycles. The van der Waals surface area contributed by atoms with Gasteiger partial charge in [0.15, 0.2) is 5.82 Å². The Morgan fingerprint density at radius 2 is 2.23 bits per heavy atom. The summed E-state index contributed by atoms with van der Waals surface area (Å²) < 4.78 is 20.2. The van der Waals surface area contributed by atoms with Crippen LogP contribution in [0, 0.1) is 5.82 Å². The Bertz CT molecular complexity index is 575. The molecule has 1 aliphatic rings. The molecule has 2 rings (SSSR count). The van der Waals surface area contributed by atoms with Crippen molar-refractivity contribution in [2.75, 3.05) is 17.7 Å². The molecular formula is C15H20BrClFN3O. The van der Waals surface area contributed by atoms with Gasteiger partial charge in [-0.2, -0.15) is 0 Å². The molecule has 1 atom stereocenters. The predicted octanol–water partition coefficient (Wildman–Crippen LogP) is 4.59. The molecule has 1 aromatic carbocycles. The summed E-state index contributed by atoms with van der Waals surface area (Å²) in [5, 5.41) is 2.98. The number of anilines is 2. The van der Waals surface area contributed by atoms with E-state index in [9.17, 15) is 4.39 Å². The highest BCUT2D eigenvalue weighted by atomic mass is 79.9. The highest BCUT2D eigenvalue weighted by Gasteiger charge is 2.20. The van der Waals surface area contributed by atoms with Gasteiger partial charge in [0.1, 0.15) is 6.23 Å². The first kappa shape index (κ1) is 17.5. The van der Waals surface area contributed by atoms with Crippen molar-refractivity contribution in [2.24, 2.45) is 4.99 Å². The van der Waals surface area contributed by atoms with Crippen LogP contribution in [0.1, 0.15) is 38.7 Å². The Morgan fingerprint density at radius 1 is 1.50 bits per heavy atom. The van der Waals surface area contributed by atoms with Crippen molar-refractivity contribution in [1.82, 2.24) is 0 Å². The molecule has 0 spiro atoms. The minimum atomic E-state index is -0.564. The third-order valence-electron chi connectivity index (χ3n) is 3.36. The van der Waals surface area contributed by atoms with Gasteiger partial charge >= 0.3 is 0 Å². The van der Waals surface area contributed by atoms with Crippen molar-refractivity contribution in [3.05, 3.63) is 20.9 Å². The summed E-state index contributed by atoms with van der Waals surface area (Å²) >= 11 is 9.35. The van der Waals surface area contributed by atoms with Gasteiger partial charge in [-0.25, -0.2) is 4.39 Å². The van der Waals surface area contributed by atoms with Gasteiger partial charge in [0.2, 0.25) is 0 Å². The Hall–Kier alpha value is -0.850. The predicted molar refractivity (Wildman–Crippen MR) is 93.5 cm³/mol. The van der Waals surface area contributed by atoms with E-state index in [0.29, 0.717) is 16.6 Å². The first-order valence-electron chi connectivity index (χ1n) is 7.29. The molecule has 0 aliphatic carbocycles. The second kappa shape index (κ2) is 7.62. The molecule has 0 bridgehead atoms. The SMILES string of the molecule is CC(C)Nc1c(N)c(C=NC2CCCCO2)c(Br)c(Cl)c1F. The fourth-order valence-electron chi connectivity index (χ4n) is 2.25. The van der Waals surface area contributed by atoms with Gasteiger partial charge in [-0.3, -0.25) is 4.99 Å². The number of rotatable bonds is 4. The third-order valence-corrected chi connectivity index (χ3v) is 4.77. The number of halogens is 3. The number of nitrogen functional groups attached to an aromatic ring is 1. The number of hydrogen-bond donors (Lipinski definition) is 2. The molecule has 0 aromatic heterocycles. The van der Waals surface area contributed by atoms with Crippen LogP contribution in [0.25, 0.3) is 0 Å². The van der Waals surface area contributed by atoms with Crippen LogP contribution < -0.4 is 11.1 Å². The lowest BCUT2D eigenvalue weighted by molar-refractivity contribution is 0.0227. The van der Waals surface area contributed by atoms with Crippen LogP contribution in [-0.4, -0.2) is 25.1 Å². The van der Waals surface area contributed by atoms with Crippen LogP contribution in [0.2, 0.25) is 5.02 Å². The van der Waals surface area contributed by atoms with Crippen molar-refractivity contribution >= 4 is 45.1 Å². The Morgan fingerprint density at radius 3 is 2.82 bits per heavy atom. The standard InChI is InChI=1S/C15H20BrClFN3O/c1-8(2)21-15-13(18)12(17)11(16)9(14(15)19)7-20-10-5-3-4-6-22-10/h7-8,10,21H,3-6,19H2,1-2H3. The first-order valence-corrected chi connectivity index (χ1v) is 8.46. The summed E-state index contributed by atoms with van der Waals surface area (Å²) in [6.45, 7) is 4.51. The van der Waals surface area contributed by atoms with Gasteiger partial charge in [-0.15, -0.1) is 0 Å². The van der Waals surface area contributed by atoms with E-state index in [4.69, 9.17) is 22.1 Å². The first-order chi connectivity index (χ1) is 10.4. The molecule has 0 radical (unpaired) electrons. The zero-order valence-corrected chi connectivity index (χ0v) is 15.0. The zero-order valence-electron chi connectivity index (χ0n) is 12.6. The summed E-state index contributed by atoms with van der Waals surface area (Å²) in [5.41, 5.74) is 7.14. The van der Waals surface area contributed by atoms with Crippen LogP contribution in [-0.2, 0) is 4.74 Å². The molecule has 3 N–H and O–H groups in total. The molecule has 1 heterocycles. The van der Waals surface area contributed by atoms with Gasteiger partial charge in [-0.05, 0) is 49.0 Å². The van der Waals surface area contributed by atoms with E-state index < -0.39 is 5.82 Å². The fourth-order valence-corrected chi connectivity index (χ4v) is 2.94. The maximum absolute atomic E-state index is 14.3. The van der Waals surface area contributed by atoms with Gasteiger partial charge in [0, 0.05) is 24.4 Å². The summed E-state index contributed by atoms with van der Waals surface area (Å²) in [7, 11) is 0. The van der Waals surface area contributed by atoms with Crippen molar-refractivity contribution in [3.8, 4) is 0 Å². The van der Waals surface area contributed by atoms with E-state index in [0.717, 1.165) is 19.3 Å². The monoisotopic (exact) mass is 391 g/mol. The average Bonchev–Trinajstić information content (AvgIpc) is 2.50. The summed E-state index contributed by atoms with van der Waals surface area (Å²) in [4.78, 5) is 4.40. The average molecular weight is 393 g/mol. The number of nitrogens with zero attached hydrogens (tertiary/aromatic N) is 1. The van der Waals surface area contributed by atoms with Crippen LogP contribution >= 0.6 is 27.5 Å². The van der Waals surface area contributed by atoms with Crippen LogP contribution in [0.4, 0.5) is 15.8 Å². The lowest BCUT2D eigenvalue weighted by Gasteiger charge is -2.20. The lowest BCUT2D eigenvalue weighted by Crippen LogP contribution is -2.17. The van der Waals surface area contributed by atoms with E-state index in [1.54, 1.807) is 6.21 Å². The second-order valence-electron chi connectivity index (χ2n) is 5.54. The summed E-state index contributed by atoms with van der Waals surface area (Å²) in [6, 6.07) is 0.0282. The molecule has 1 aliphatic heterocycles. The molecule has 122 valence electrons. The number of nitrogens with one attached hydrogen (secondary N) is 1. The number of aliphatic imine (C=N–C) groups is 1. The highest BCUT2D eigenvalue weighted by molar-refractivity contribution is 9.10. The normalized spacial score (nSPS) is 19.1. The zero-order chi connectivity index (χ0) is 16.3. The van der Waals surface area contributed by atoms with Crippen molar-refractivity contribution in [1.29, 1.82) is 0 Å². The van der Waals surface area contributed by atoms with E-state index in [2.05, 4.69) is 26.2 Å². The van der Waals surface area contributed by atoms with Crippen molar-refractivity contribution < 1.29 is 9.13 Å². The minimum absolute atomic E-state index is 0.0108. The molecule has 22 heavy (non-hydrogen) atoms. The lowest BCUT2D eigenvalue weighted by atomic mass is 10.1. The van der Waals surface area contributed by atoms with Crippen LogP contribution in [0.5, 0.6) is 0 Å². The molecular weight excluding hydrogens is 373 g/mol. The highest BCUT2D eigenvalue weighted by Crippen LogP contribution is 2.39. The Balaban J connectivity index is 2.37. The Labute approximate surface area is 143 Å². The minimum Gasteiger partial charge on any atom is -0.396 e. The van der Waals surface area contributed by atoms with Gasteiger partial charge in [0.25, 0.3) is 0 Å². The second-order valence-corrected chi connectivity index (χ2v) is 6.71. The van der Waals surface area contributed by atoms with Gasteiger partial charge in [-0.1, -0.05) is 11.6 Å². The number of hydrogen-bond acceptors (Lipinski definition) is 4. The smallest absolute Gasteiger partial charge is 0.168 e. The van der Waals surface area contributed by atoms with Crippen LogP contribution in [0.3, 0.4) is 0 Å². The Kier molecular flexibility index (Phi) is 6.06. The maximum Gasteiger partial charge on any atom is 0.168 e. The topological polar surface area (TPSA) is 59.6 Å². The molecule has 1 unspecified atom stereocenters. The van der Waals surface area contributed by atoms with E-state index in [-0.39, 0.29) is 28.7 Å². The van der Waals surface area contributed by atoms with E-state index in [1.165, 1.54) is 0 Å². The molecule has 1 aromatic rings. The van der Waals surface area contributed by atoms with Crippen LogP contribution in [0.15, 0.2) is 9.47 Å². The third kappa shape index (κ3) is 3.91. The van der Waals surface area contributed by atoms with Gasteiger partial charge in [0.05, 0.1) is 20.9 Å². The molecule has 7 heteroatoms. The quantitative estimate of drug-likeness (QED) is 0.447. The molecule has 0 saturated carbocycles. The number of ether oxygens (including phenoxy) is 1. The van der Waals surface area contributed by atoms with Gasteiger partial charge < -0.3 is 15.8 Å². The number of nitrogens with two attached hydrogens (primary N) is 1. The maximum atomic E-state index is 14.3. The molecule has 0 amide bonds. The summed E-state index contributed by atoms with van der Waals surface area (Å²) in [5.74, 6) is -0.564. The summed E-state index contributed by atoms with van der Waals surface area (Å²) in [6.07, 6.45) is 4.45.